The van der Waals surface area contributed by atoms with Crippen LogP contribution in [0, 0.1) is 0 Å². The number of rotatable bonds is 2. The SMILES string of the molecule is O=S(=O)([O-])c1cc(S(=O)(=O)[O-])c(Cl)c(O)c1O.[Na+].[Na+]. The summed E-state index contributed by atoms with van der Waals surface area (Å²) in [4.78, 5) is -2.77. The molecular formula is C6H3ClNa2O8S2. The van der Waals surface area contributed by atoms with E-state index < -0.39 is 46.5 Å². The molecule has 0 aromatic heterocycles. The van der Waals surface area contributed by atoms with E-state index in [1.54, 1.807) is 0 Å². The molecule has 13 heteroatoms. The predicted octanol–water partition coefficient (Wildman–Crippen LogP) is -6.43. The molecule has 0 saturated carbocycles. The minimum Gasteiger partial charge on any atom is -0.744 e. The van der Waals surface area contributed by atoms with Crippen LogP contribution in [-0.2, 0) is 20.2 Å². The number of hydrogen-bond acceptors (Lipinski definition) is 8. The third-order valence-electron chi connectivity index (χ3n) is 1.68. The van der Waals surface area contributed by atoms with Gasteiger partial charge in [-0.25, -0.2) is 16.8 Å². The summed E-state index contributed by atoms with van der Waals surface area (Å²) < 4.78 is 63.9. The molecule has 2 N–H and O–H groups in total. The Bertz CT molecular complexity index is 627. The molecule has 1 rings (SSSR count). The van der Waals surface area contributed by atoms with Gasteiger partial charge in [0, 0.05) is 0 Å². The van der Waals surface area contributed by atoms with Gasteiger partial charge in [0.25, 0.3) is 0 Å². The number of phenolic OH excluding ortho intramolecular Hbond substituents is 2. The van der Waals surface area contributed by atoms with Crippen LogP contribution in [0.25, 0.3) is 0 Å². The van der Waals surface area contributed by atoms with Crippen molar-refractivity contribution in [1.29, 1.82) is 0 Å². The molecule has 0 amide bonds. The fraction of sp³-hybridized carbons (Fsp3) is 0. The molecule has 0 aliphatic carbocycles. The Kier molecular flexibility index (Phi) is 8.50. The third-order valence-corrected chi connectivity index (χ3v) is 3.89. The first-order chi connectivity index (χ1) is 7.46. The minimum absolute atomic E-state index is 0. The summed E-state index contributed by atoms with van der Waals surface area (Å²) in [5.41, 5.74) is 0. The van der Waals surface area contributed by atoms with Crippen LogP contribution in [0.5, 0.6) is 11.5 Å². The van der Waals surface area contributed by atoms with Crippen molar-refractivity contribution in [1.82, 2.24) is 0 Å². The maximum atomic E-state index is 10.7. The van der Waals surface area contributed by atoms with Crippen LogP contribution in [0.2, 0.25) is 5.02 Å². The smallest absolute Gasteiger partial charge is 0.744 e. The van der Waals surface area contributed by atoms with E-state index >= 15 is 0 Å². The molecular weight excluding hydrogens is 346 g/mol. The van der Waals surface area contributed by atoms with Crippen LogP contribution in [0.4, 0.5) is 0 Å². The van der Waals surface area contributed by atoms with Crippen molar-refractivity contribution >= 4 is 31.8 Å². The maximum absolute atomic E-state index is 10.7. The van der Waals surface area contributed by atoms with Crippen molar-refractivity contribution in [2.24, 2.45) is 0 Å². The third kappa shape index (κ3) is 5.00. The zero-order valence-electron chi connectivity index (χ0n) is 9.62. The van der Waals surface area contributed by atoms with E-state index in [2.05, 4.69) is 0 Å². The van der Waals surface area contributed by atoms with Crippen LogP contribution >= 0.6 is 11.6 Å². The van der Waals surface area contributed by atoms with E-state index in [-0.39, 0.29) is 65.2 Å². The molecule has 0 bridgehead atoms. The average molecular weight is 349 g/mol. The van der Waals surface area contributed by atoms with Crippen molar-refractivity contribution in [3.8, 4) is 11.5 Å². The molecule has 0 fully saturated rings. The van der Waals surface area contributed by atoms with Crippen LogP contribution in [-0.4, -0.2) is 36.2 Å². The molecule has 0 unspecified atom stereocenters. The molecule has 0 heterocycles. The van der Waals surface area contributed by atoms with Gasteiger partial charge in [0.1, 0.15) is 30.2 Å². The first kappa shape index (κ1) is 22.2. The minimum atomic E-state index is -5.28. The Hall–Kier alpha value is 0.930. The zero-order valence-corrected chi connectivity index (χ0v) is 16.0. The summed E-state index contributed by atoms with van der Waals surface area (Å²) in [5, 5.41) is 17.1. The van der Waals surface area contributed by atoms with E-state index in [9.17, 15) is 25.9 Å². The summed E-state index contributed by atoms with van der Waals surface area (Å²) in [6.07, 6.45) is 0. The molecule has 0 aliphatic rings. The molecule has 0 atom stereocenters. The molecule has 1 aromatic rings. The number of halogens is 1. The molecule has 8 nitrogen and oxygen atoms in total. The quantitative estimate of drug-likeness (QED) is 0.304. The fourth-order valence-corrected chi connectivity index (χ4v) is 2.64. The van der Waals surface area contributed by atoms with Crippen molar-refractivity contribution in [3.05, 3.63) is 11.1 Å². The van der Waals surface area contributed by atoms with Gasteiger partial charge in [-0.05, 0) is 6.07 Å². The van der Waals surface area contributed by atoms with Crippen molar-refractivity contribution in [2.45, 2.75) is 9.79 Å². The first-order valence-corrected chi connectivity index (χ1v) is 6.82. The van der Waals surface area contributed by atoms with Gasteiger partial charge in [-0.3, -0.25) is 0 Å². The van der Waals surface area contributed by atoms with Gasteiger partial charge in [-0.2, -0.15) is 0 Å². The molecule has 0 aliphatic heterocycles. The number of benzene rings is 1. The summed E-state index contributed by atoms with van der Waals surface area (Å²) in [7, 11) is -10.5. The van der Waals surface area contributed by atoms with E-state index in [0.29, 0.717) is 0 Å². The fourth-order valence-electron chi connectivity index (χ4n) is 0.961. The zero-order chi connectivity index (χ0) is 13.6. The van der Waals surface area contributed by atoms with Crippen LogP contribution in [0.3, 0.4) is 0 Å². The van der Waals surface area contributed by atoms with Crippen LogP contribution in [0.1, 0.15) is 0 Å². The van der Waals surface area contributed by atoms with Crippen molar-refractivity contribution in [2.75, 3.05) is 0 Å². The molecule has 19 heavy (non-hydrogen) atoms. The van der Waals surface area contributed by atoms with Gasteiger partial charge in [-0.15, -0.1) is 0 Å². The summed E-state index contributed by atoms with van der Waals surface area (Å²) in [6, 6.07) is 0.0854. The number of phenols is 2. The maximum Gasteiger partial charge on any atom is 1.00 e. The normalized spacial score (nSPS) is 11.3. The van der Waals surface area contributed by atoms with Crippen molar-refractivity contribution < 1.29 is 95.3 Å². The topological polar surface area (TPSA) is 155 Å². The second-order valence-electron chi connectivity index (χ2n) is 2.79. The second-order valence-corrected chi connectivity index (χ2v) is 5.87. The molecule has 96 valence electrons. The molecule has 1 aromatic carbocycles. The Morgan fingerprint density at radius 1 is 0.895 bits per heavy atom. The standard InChI is InChI=1S/C6H5ClO8S2.2Na/c7-4-2(16(10,11)12)1-3(17(13,14)15)5(8)6(4)9;;/h1,8-9H,(H,10,11,12)(H,13,14,15);;/q;2*+1/p-2. The summed E-state index contributed by atoms with van der Waals surface area (Å²) >= 11 is 5.22. The Morgan fingerprint density at radius 2 is 1.26 bits per heavy atom. The molecule has 0 radical (unpaired) electrons. The second kappa shape index (κ2) is 7.27. The Labute approximate surface area is 157 Å². The Balaban J connectivity index is 0. The number of aromatic hydroxyl groups is 2. The van der Waals surface area contributed by atoms with E-state index in [1.807, 2.05) is 0 Å². The summed E-state index contributed by atoms with van der Waals surface area (Å²) in [6.45, 7) is 0. The van der Waals surface area contributed by atoms with Gasteiger partial charge in [0.2, 0.25) is 0 Å². The van der Waals surface area contributed by atoms with E-state index in [1.165, 1.54) is 0 Å². The monoisotopic (exact) mass is 348 g/mol. The van der Waals surface area contributed by atoms with Crippen LogP contribution < -0.4 is 59.1 Å². The van der Waals surface area contributed by atoms with Crippen molar-refractivity contribution in [3.63, 3.8) is 0 Å². The van der Waals surface area contributed by atoms with Gasteiger partial charge in [-0.1, -0.05) is 11.6 Å². The predicted molar refractivity (Wildman–Crippen MR) is 50.7 cm³/mol. The largest absolute Gasteiger partial charge is 1.00 e. The van der Waals surface area contributed by atoms with Gasteiger partial charge >= 0.3 is 59.1 Å². The van der Waals surface area contributed by atoms with E-state index in [0.717, 1.165) is 0 Å². The van der Waals surface area contributed by atoms with Gasteiger partial charge in [0.05, 0.1) is 4.90 Å². The summed E-state index contributed by atoms with van der Waals surface area (Å²) in [5.74, 6) is -2.80. The molecule has 0 spiro atoms. The van der Waals surface area contributed by atoms with Gasteiger partial charge in [0.15, 0.2) is 11.5 Å². The molecule has 0 saturated heterocycles. The Morgan fingerprint density at radius 3 is 1.58 bits per heavy atom. The first-order valence-electron chi connectivity index (χ1n) is 3.62. The van der Waals surface area contributed by atoms with Gasteiger partial charge < -0.3 is 19.3 Å². The van der Waals surface area contributed by atoms with E-state index in [4.69, 9.17) is 21.8 Å². The van der Waals surface area contributed by atoms with Crippen LogP contribution in [0.15, 0.2) is 15.9 Å². The average Bonchev–Trinajstić information content (AvgIpc) is 2.10. The number of hydrogen-bond donors (Lipinski definition) is 2.